The number of carbonyl (C=O) groups excluding carboxylic acids is 1. The molecule has 0 amide bonds. The fourth-order valence-corrected chi connectivity index (χ4v) is 2.68. The molecule has 1 aliphatic carbocycles. The van der Waals surface area contributed by atoms with Gasteiger partial charge >= 0.3 is 0 Å². The third-order valence-corrected chi connectivity index (χ3v) is 3.32. The minimum atomic E-state index is 0.267. The molecule has 86 valence electrons. The fourth-order valence-electron chi connectivity index (χ4n) is 2.68. The largest absolute Gasteiger partial charge is 0.496 e. The monoisotopic (exact) mass is 218 g/mol. The summed E-state index contributed by atoms with van der Waals surface area (Å²) in [5.41, 5.74) is 2.63. The average molecular weight is 218 g/mol. The number of hydrogen-bond donors (Lipinski definition) is 0. The molecule has 1 aromatic rings. The first-order valence-electron chi connectivity index (χ1n) is 5.87. The first-order chi connectivity index (χ1) is 7.72. The summed E-state index contributed by atoms with van der Waals surface area (Å²) < 4.78 is 5.41. The number of hydrogen-bond acceptors (Lipinski definition) is 2. The number of Topliss-reactive ketones (excluding diaryl/α,β-unsaturated/α-hetero) is 1. The molecule has 0 radical (unpaired) electrons. The van der Waals surface area contributed by atoms with E-state index in [1.165, 1.54) is 17.5 Å². The maximum absolute atomic E-state index is 11.3. The zero-order chi connectivity index (χ0) is 11.5. The highest BCUT2D eigenvalue weighted by Crippen LogP contribution is 2.39. The van der Waals surface area contributed by atoms with E-state index in [0.717, 1.165) is 18.6 Å². The van der Waals surface area contributed by atoms with E-state index in [0.29, 0.717) is 12.3 Å². The van der Waals surface area contributed by atoms with Crippen LogP contribution in [0.25, 0.3) is 0 Å². The van der Waals surface area contributed by atoms with Gasteiger partial charge < -0.3 is 9.53 Å². The molecule has 1 aliphatic rings. The van der Waals surface area contributed by atoms with Gasteiger partial charge in [-0.1, -0.05) is 12.1 Å². The first kappa shape index (κ1) is 11.2. The van der Waals surface area contributed by atoms with Crippen LogP contribution in [0.1, 0.15) is 43.2 Å². The van der Waals surface area contributed by atoms with Crippen molar-refractivity contribution in [3.63, 3.8) is 0 Å². The lowest BCUT2D eigenvalue weighted by Crippen LogP contribution is -2.13. The molecule has 0 aromatic heterocycles. The smallest absolute Gasteiger partial charge is 0.130 e. The zero-order valence-electron chi connectivity index (χ0n) is 9.95. The molecule has 0 saturated carbocycles. The van der Waals surface area contributed by atoms with Gasteiger partial charge in [-0.15, -0.1) is 0 Å². The number of ketones is 1. The maximum atomic E-state index is 11.3. The van der Waals surface area contributed by atoms with Gasteiger partial charge in [-0.25, -0.2) is 0 Å². The summed E-state index contributed by atoms with van der Waals surface area (Å²) in [5.74, 6) is 1.57. The van der Waals surface area contributed by atoms with Crippen LogP contribution in [0, 0.1) is 0 Å². The molecule has 1 atom stereocenters. The van der Waals surface area contributed by atoms with Crippen LogP contribution in [0.15, 0.2) is 18.2 Å². The van der Waals surface area contributed by atoms with Gasteiger partial charge in [0, 0.05) is 12.0 Å². The average Bonchev–Trinajstić information content (AvgIpc) is 2.28. The van der Waals surface area contributed by atoms with Gasteiger partial charge in [-0.05, 0) is 43.7 Å². The number of benzene rings is 1. The lowest BCUT2D eigenvalue weighted by Gasteiger charge is -2.26. The fraction of sp³-hybridized carbons (Fsp3) is 0.500. The van der Waals surface area contributed by atoms with Crippen LogP contribution in [-0.4, -0.2) is 12.9 Å². The van der Waals surface area contributed by atoms with Gasteiger partial charge in [-0.3, -0.25) is 0 Å². The standard InChI is InChI=1S/C14H18O2/c1-10(15)9-12-7-3-5-11-6-4-8-13(16-2)14(11)12/h4,6,8,12H,3,5,7,9H2,1-2H3. The molecule has 0 fully saturated rings. The second-order valence-electron chi connectivity index (χ2n) is 4.53. The highest BCUT2D eigenvalue weighted by molar-refractivity contribution is 5.76. The first-order valence-corrected chi connectivity index (χ1v) is 5.87. The predicted molar refractivity (Wildman–Crippen MR) is 64.0 cm³/mol. The molecule has 1 unspecified atom stereocenters. The van der Waals surface area contributed by atoms with Crippen LogP contribution in [-0.2, 0) is 11.2 Å². The molecular weight excluding hydrogens is 200 g/mol. The van der Waals surface area contributed by atoms with E-state index in [1.807, 2.05) is 12.1 Å². The third kappa shape index (κ3) is 2.11. The number of fused-ring (bicyclic) bond motifs is 1. The molecule has 1 aromatic carbocycles. The van der Waals surface area contributed by atoms with E-state index < -0.39 is 0 Å². The van der Waals surface area contributed by atoms with E-state index >= 15 is 0 Å². The molecule has 0 N–H and O–H groups in total. The van der Waals surface area contributed by atoms with Gasteiger partial charge in [0.1, 0.15) is 11.5 Å². The number of rotatable bonds is 3. The van der Waals surface area contributed by atoms with Gasteiger partial charge in [-0.2, -0.15) is 0 Å². The molecule has 2 rings (SSSR count). The highest BCUT2D eigenvalue weighted by atomic mass is 16.5. The number of aryl methyl sites for hydroxylation is 1. The molecule has 16 heavy (non-hydrogen) atoms. The predicted octanol–water partition coefficient (Wildman–Crippen LogP) is 3.09. The summed E-state index contributed by atoms with van der Waals surface area (Å²) in [4.78, 5) is 11.3. The van der Waals surface area contributed by atoms with Crippen LogP contribution in [0.3, 0.4) is 0 Å². The topological polar surface area (TPSA) is 26.3 Å². The van der Waals surface area contributed by atoms with Gasteiger partial charge in [0.15, 0.2) is 0 Å². The molecule has 0 heterocycles. The second kappa shape index (κ2) is 4.69. The molecule has 2 nitrogen and oxygen atoms in total. The van der Waals surface area contributed by atoms with Crippen molar-refractivity contribution in [3.05, 3.63) is 29.3 Å². The van der Waals surface area contributed by atoms with Gasteiger partial charge in [0.2, 0.25) is 0 Å². The second-order valence-corrected chi connectivity index (χ2v) is 4.53. The Morgan fingerprint density at radius 2 is 2.31 bits per heavy atom. The molecule has 0 spiro atoms. The number of ether oxygens (including phenoxy) is 1. The Kier molecular flexibility index (Phi) is 3.28. The van der Waals surface area contributed by atoms with E-state index in [9.17, 15) is 4.79 Å². The normalized spacial score (nSPS) is 19.0. The van der Waals surface area contributed by atoms with E-state index in [1.54, 1.807) is 14.0 Å². The van der Waals surface area contributed by atoms with Gasteiger partial charge in [0.05, 0.1) is 7.11 Å². The quantitative estimate of drug-likeness (QED) is 0.779. The molecule has 0 saturated heterocycles. The van der Waals surface area contributed by atoms with Crippen molar-refractivity contribution in [3.8, 4) is 5.75 Å². The molecule has 0 aliphatic heterocycles. The van der Waals surface area contributed by atoms with Crippen molar-refractivity contribution in [2.24, 2.45) is 0 Å². The lowest BCUT2D eigenvalue weighted by atomic mass is 9.80. The minimum absolute atomic E-state index is 0.267. The summed E-state index contributed by atoms with van der Waals surface area (Å²) in [6.45, 7) is 1.67. The Morgan fingerprint density at radius 1 is 1.50 bits per heavy atom. The Labute approximate surface area is 96.6 Å². The van der Waals surface area contributed by atoms with Crippen LogP contribution in [0.5, 0.6) is 5.75 Å². The number of carbonyl (C=O) groups is 1. The van der Waals surface area contributed by atoms with Crippen LogP contribution < -0.4 is 4.74 Å². The summed E-state index contributed by atoms with van der Waals surface area (Å²) in [7, 11) is 1.70. The highest BCUT2D eigenvalue weighted by Gasteiger charge is 2.24. The van der Waals surface area contributed by atoms with Crippen LogP contribution in [0.4, 0.5) is 0 Å². The Hall–Kier alpha value is -1.31. The maximum Gasteiger partial charge on any atom is 0.130 e. The summed E-state index contributed by atoms with van der Waals surface area (Å²) in [5, 5.41) is 0. The number of methoxy groups -OCH3 is 1. The molecule has 0 bridgehead atoms. The Balaban J connectivity index is 2.38. The van der Waals surface area contributed by atoms with Crippen molar-refractivity contribution in [2.45, 2.75) is 38.5 Å². The molecular formula is C14H18O2. The Morgan fingerprint density at radius 3 is 3.00 bits per heavy atom. The van der Waals surface area contributed by atoms with Crippen molar-refractivity contribution in [1.29, 1.82) is 0 Å². The lowest BCUT2D eigenvalue weighted by molar-refractivity contribution is -0.117. The summed E-state index contributed by atoms with van der Waals surface area (Å²) in [6.07, 6.45) is 4.04. The molecule has 2 heteroatoms. The summed E-state index contributed by atoms with van der Waals surface area (Å²) >= 11 is 0. The van der Waals surface area contributed by atoms with E-state index in [-0.39, 0.29) is 5.78 Å². The SMILES string of the molecule is COc1cccc2c1C(CC(C)=O)CCC2. The van der Waals surface area contributed by atoms with E-state index in [4.69, 9.17) is 4.74 Å². The summed E-state index contributed by atoms with van der Waals surface area (Å²) in [6, 6.07) is 6.19. The van der Waals surface area contributed by atoms with Crippen molar-refractivity contribution in [1.82, 2.24) is 0 Å². The van der Waals surface area contributed by atoms with Gasteiger partial charge in [0.25, 0.3) is 0 Å². The van der Waals surface area contributed by atoms with Crippen molar-refractivity contribution >= 4 is 5.78 Å². The van der Waals surface area contributed by atoms with E-state index in [2.05, 4.69) is 6.07 Å². The van der Waals surface area contributed by atoms with Crippen molar-refractivity contribution in [2.75, 3.05) is 7.11 Å². The van der Waals surface area contributed by atoms with Crippen LogP contribution >= 0.6 is 0 Å². The van der Waals surface area contributed by atoms with Crippen LogP contribution in [0.2, 0.25) is 0 Å². The minimum Gasteiger partial charge on any atom is -0.496 e. The third-order valence-electron chi connectivity index (χ3n) is 3.32. The zero-order valence-corrected chi connectivity index (χ0v) is 9.95. The van der Waals surface area contributed by atoms with Crippen molar-refractivity contribution < 1.29 is 9.53 Å². The Bertz CT molecular complexity index is 381.